The molecule has 1 aromatic carbocycles. The van der Waals surface area contributed by atoms with E-state index < -0.39 is 12.9 Å². The third-order valence-electron chi connectivity index (χ3n) is 2.19. The fourth-order valence-corrected chi connectivity index (χ4v) is 1.66. The van der Waals surface area contributed by atoms with Gasteiger partial charge in [-0.1, -0.05) is 11.6 Å². The summed E-state index contributed by atoms with van der Waals surface area (Å²) in [6, 6.07) is 4.64. The van der Waals surface area contributed by atoms with E-state index in [0.717, 1.165) is 0 Å². The lowest BCUT2D eigenvalue weighted by Crippen LogP contribution is -2.24. The van der Waals surface area contributed by atoms with Crippen LogP contribution in [0, 0.1) is 0 Å². The number of H-pyrrole nitrogens is 1. The summed E-state index contributed by atoms with van der Waals surface area (Å²) in [7, 11) is -2.07. The Balaban J connectivity index is 2.79. The number of pyridine rings is 1. The monoisotopic (exact) mass is 254 g/mol. The SMILES string of the molecule is Nc1c(OB(O)O)c2cc(Cl)ccc2[nH]c1=O. The van der Waals surface area contributed by atoms with Gasteiger partial charge in [0.25, 0.3) is 5.56 Å². The molecule has 17 heavy (non-hydrogen) atoms. The first-order chi connectivity index (χ1) is 7.99. The smallest absolute Gasteiger partial charge is 0.510 e. The van der Waals surface area contributed by atoms with Gasteiger partial charge >= 0.3 is 7.32 Å². The molecule has 0 atom stereocenters. The summed E-state index contributed by atoms with van der Waals surface area (Å²) in [6.07, 6.45) is 0. The molecule has 0 spiro atoms. The molecule has 0 saturated heterocycles. The predicted octanol–water partition coefficient (Wildman–Crippen LogP) is 0.112. The quantitative estimate of drug-likeness (QED) is 0.569. The van der Waals surface area contributed by atoms with Gasteiger partial charge in [-0.25, -0.2) is 0 Å². The molecule has 5 N–H and O–H groups in total. The van der Waals surface area contributed by atoms with Crippen molar-refractivity contribution in [3.05, 3.63) is 33.6 Å². The Hall–Kier alpha value is -1.70. The van der Waals surface area contributed by atoms with E-state index in [1.807, 2.05) is 0 Å². The van der Waals surface area contributed by atoms with Crippen LogP contribution in [-0.2, 0) is 0 Å². The molecule has 0 radical (unpaired) electrons. The number of benzene rings is 1. The molecule has 2 aromatic rings. The highest BCUT2D eigenvalue weighted by molar-refractivity contribution is 6.34. The van der Waals surface area contributed by atoms with Gasteiger partial charge in [-0.05, 0) is 18.2 Å². The molecule has 0 bridgehead atoms. The topological polar surface area (TPSA) is 109 Å². The summed E-state index contributed by atoms with van der Waals surface area (Å²) in [5.41, 5.74) is 5.13. The number of rotatable bonds is 2. The maximum atomic E-state index is 11.5. The average molecular weight is 254 g/mol. The normalized spacial score (nSPS) is 10.5. The number of nitrogen functional groups attached to an aromatic ring is 1. The van der Waals surface area contributed by atoms with Gasteiger partial charge in [0.15, 0.2) is 0 Å². The zero-order valence-electron chi connectivity index (χ0n) is 8.48. The van der Waals surface area contributed by atoms with E-state index >= 15 is 0 Å². The lowest BCUT2D eigenvalue weighted by molar-refractivity contribution is 0.290. The molecule has 0 unspecified atom stereocenters. The molecule has 88 valence electrons. The molecule has 1 heterocycles. The minimum absolute atomic E-state index is 0.110. The first kappa shape index (κ1) is 11.8. The third-order valence-corrected chi connectivity index (χ3v) is 2.42. The van der Waals surface area contributed by atoms with Crippen LogP contribution in [0.4, 0.5) is 5.69 Å². The van der Waals surface area contributed by atoms with Gasteiger partial charge in [-0.2, -0.15) is 0 Å². The molecular formula is C9H8BClN2O4. The fraction of sp³-hybridized carbons (Fsp3) is 0. The minimum atomic E-state index is -2.07. The lowest BCUT2D eigenvalue weighted by atomic mass is 10.1. The van der Waals surface area contributed by atoms with Crippen molar-refractivity contribution in [2.45, 2.75) is 0 Å². The second-order valence-electron chi connectivity index (χ2n) is 3.33. The predicted molar refractivity (Wildman–Crippen MR) is 64.8 cm³/mol. The van der Waals surface area contributed by atoms with E-state index in [2.05, 4.69) is 4.98 Å². The minimum Gasteiger partial charge on any atom is -0.510 e. The number of aromatic amines is 1. The Labute approximate surface area is 101 Å². The van der Waals surface area contributed by atoms with Gasteiger partial charge in [0.05, 0.1) is 5.52 Å². The second kappa shape index (κ2) is 4.29. The largest absolute Gasteiger partial charge is 0.707 e. The van der Waals surface area contributed by atoms with E-state index in [-0.39, 0.29) is 11.4 Å². The highest BCUT2D eigenvalue weighted by Gasteiger charge is 2.18. The van der Waals surface area contributed by atoms with Crippen LogP contribution < -0.4 is 15.9 Å². The van der Waals surface area contributed by atoms with Gasteiger partial charge in [0, 0.05) is 10.4 Å². The molecule has 0 amide bonds. The number of nitrogens with one attached hydrogen (secondary N) is 1. The first-order valence-corrected chi connectivity index (χ1v) is 5.00. The van der Waals surface area contributed by atoms with Crippen molar-refractivity contribution in [3.63, 3.8) is 0 Å². The molecule has 2 rings (SSSR count). The Morgan fingerprint density at radius 3 is 2.76 bits per heavy atom. The van der Waals surface area contributed by atoms with Crippen molar-refractivity contribution in [3.8, 4) is 5.75 Å². The number of hydrogen-bond donors (Lipinski definition) is 4. The number of anilines is 1. The lowest BCUT2D eigenvalue weighted by Gasteiger charge is -2.10. The summed E-state index contributed by atoms with van der Waals surface area (Å²) in [4.78, 5) is 14.0. The summed E-state index contributed by atoms with van der Waals surface area (Å²) >= 11 is 5.81. The van der Waals surface area contributed by atoms with E-state index in [1.165, 1.54) is 6.07 Å². The number of aromatic nitrogens is 1. The zero-order chi connectivity index (χ0) is 12.6. The fourth-order valence-electron chi connectivity index (χ4n) is 1.48. The third kappa shape index (κ3) is 2.21. The Kier molecular flexibility index (Phi) is 2.97. The Bertz CT molecular complexity index is 628. The average Bonchev–Trinajstić information content (AvgIpc) is 2.25. The van der Waals surface area contributed by atoms with Gasteiger partial charge in [0.1, 0.15) is 11.4 Å². The molecule has 0 saturated carbocycles. The van der Waals surface area contributed by atoms with Crippen LogP contribution in [0.25, 0.3) is 10.9 Å². The summed E-state index contributed by atoms with van der Waals surface area (Å²) in [5, 5.41) is 18.4. The Morgan fingerprint density at radius 1 is 1.41 bits per heavy atom. The maximum Gasteiger partial charge on any atom is 0.707 e. The van der Waals surface area contributed by atoms with Crippen LogP contribution in [0.1, 0.15) is 0 Å². The van der Waals surface area contributed by atoms with Crippen molar-refractivity contribution in [2.24, 2.45) is 0 Å². The number of halogens is 1. The molecular weight excluding hydrogens is 246 g/mol. The van der Waals surface area contributed by atoms with E-state index in [0.29, 0.717) is 15.9 Å². The molecule has 8 heteroatoms. The number of nitrogens with two attached hydrogens (primary N) is 1. The van der Waals surface area contributed by atoms with Crippen LogP contribution in [0.15, 0.2) is 23.0 Å². The summed E-state index contributed by atoms with van der Waals surface area (Å²) in [5.74, 6) is -0.110. The van der Waals surface area contributed by atoms with E-state index in [1.54, 1.807) is 12.1 Å². The van der Waals surface area contributed by atoms with Crippen molar-refractivity contribution >= 4 is 35.5 Å². The van der Waals surface area contributed by atoms with Crippen LogP contribution in [0.3, 0.4) is 0 Å². The van der Waals surface area contributed by atoms with Crippen molar-refractivity contribution < 1.29 is 14.7 Å². The molecule has 1 aromatic heterocycles. The van der Waals surface area contributed by atoms with Crippen molar-refractivity contribution in [1.82, 2.24) is 4.98 Å². The molecule has 0 aliphatic rings. The Morgan fingerprint density at radius 2 is 2.12 bits per heavy atom. The zero-order valence-corrected chi connectivity index (χ0v) is 9.23. The maximum absolute atomic E-state index is 11.5. The van der Waals surface area contributed by atoms with Crippen LogP contribution in [-0.4, -0.2) is 22.4 Å². The number of hydrogen-bond acceptors (Lipinski definition) is 5. The highest BCUT2D eigenvalue weighted by Crippen LogP contribution is 2.30. The van der Waals surface area contributed by atoms with E-state index in [9.17, 15) is 4.79 Å². The highest BCUT2D eigenvalue weighted by atomic mass is 35.5. The van der Waals surface area contributed by atoms with Crippen LogP contribution in [0.2, 0.25) is 5.02 Å². The molecule has 0 fully saturated rings. The van der Waals surface area contributed by atoms with Gasteiger partial charge in [-0.15, -0.1) is 0 Å². The summed E-state index contributed by atoms with van der Waals surface area (Å²) < 4.78 is 4.70. The molecule has 0 aliphatic heterocycles. The molecule has 0 aliphatic carbocycles. The standard InChI is InChI=1S/C9H8BClN2O4/c11-4-1-2-6-5(3-4)8(17-10(15)16)7(12)9(14)13-6/h1-3,15-16H,12H2,(H,13,14). The molecule has 6 nitrogen and oxygen atoms in total. The van der Waals surface area contributed by atoms with Crippen molar-refractivity contribution in [1.29, 1.82) is 0 Å². The van der Waals surface area contributed by atoms with Gasteiger partial charge in [-0.3, -0.25) is 4.79 Å². The van der Waals surface area contributed by atoms with Crippen LogP contribution in [0.5, 0.6) is 5.75 Å². The number of fused-ring (bicyclic) bond motifs is 1. The van der Waals surface area contributed by atoms with Gasteiger partial charge < -0.3 is 25.4 Å². The second-order valence-corrected chi connectivity index (χ2v) is 3.77. The van der Waals surface area contributed by atoms with Crippen molar-refractivity contribution in [2.75, 3.05) is 5.73 Å². The van der Waals surface area contributed by atoms with E-state index in [4.69, 9.17) is 32.0 Å². The first-order valence-electron chi connectivity index (χ1n) is 4.63. The van der Waals surface area contributed by atoms with Gasteiger partial charge in [0.2, 0.25) is 0 Å². The van der Waals surface area contributed by atoms with Crippen LogP contribution >= 0.6 is 11.6 Å². The summed E-state index contributed by atoms with van der Waals surface area (Å²) in [6.45, 7) is 0.